The van der Waals surface area contributed by atoms with Crippen molar-refractivity contribution in [3.63, 3.8) is 0 Å². The number of carbonyl (C=O) groups is 1. The smallest absolute Gasteiger partial charge is 0.273 e. The second-order valence-corrected chi connectivity index (χ2v) is 5.18. The fourth-order valence-corrected chi connectivity index (χ4v) is 2.28. The molecule has 88 valence electrons. The van der Waals surface area contributed by atoms with Gasteiger partial charge in [0, 0.05) is 17.7 Å². The van der Waals surface area contributed by atoms with E-state index in [9.17, 15) is 4.79 Å². The Bertz CT molecular complexity index is 566. The van der Waals surface area contributed by atoms with Gasteiger partial charge in [-0.05, 0) is 50.1 Å². The maximum Gasteiger partial charge on any atom is 0.273 e. The number of anilines is 1. The van der Waals surface area contributed by atoms with Gasteiger partial charge in [0.15, 0.2) is 0 Å². The van der Waals surface area contributed by atoms with Gasteiger partial charge in [0.2, 0.25) is 0 Å². The van der Waals surface area contributed by atoms with Crippen molar-refractivity contribution in [3.8, 4) is 0 Å². The molecule has 2 aromatic rings. The van der Waals surface area contributed by atoms with Crippen LogP contribution in [0, 0.1) is 0 Å². The van der Waals surface area contributed by atoms with Crippen LogP contribution in [0.1, 0.15) is 10.5 Å². The maximum atomic E-state index is 12.0. The van der Waals surface area contributed by atoms with Gasteiger partial charge in [-0.2, -0.15) is 0 Å². The highest BCUT2D eigenvalue weighted by Gasteiger charge is 2.11. The minimum atomic E-state index is -0.191. The van der Waals surface area contributed by atoms with Crippen LogP contribution >= 0.6 is 31.9 Å². The Morgan fingerprint density at radius 3 is 2.76 bits per heavy atom. The fraction of sp³-hybridized carbons (Fsp3) is 0.0909. The van der Waals surface area contributed by atoms with Crippen molar-refractivity contribution < 1.29 is 4.79 Å². The Labute approximate surface area is 115 Å². The number of hydrogen-bond donors (Lipinski definition) is 1. The van der Waals surface area contributed by atoms with E-state index in [0.29, 0.717) is 16.1 Å². The van der Waals surface area contributed by atoms with E-state index in [1.54, 1.807) is 22.8 Å². The molecule has 1 amide bonds. The van der Waals surface area contributed by atoms with E-state index in [-0.39, 0.29) is 5.91 Å². The summed E-state index contributed by atoms with van der Waals surface area (Å²) < 4.78 is 3.30. The maximum absolute atomic E-state index is 12.0. The van der Waals surface area contributed by atoms with E-state index < -0.39 is 0 Å². The van der Waals surface area contributed by atoms with Crippen molar-refractivity contribution in [2.45, 2.75) is 0 Å². The fourth-order valence-electron chi connectivity index (χ4n) is 1.41. The summed E-state index contributed by atoms with van der Waals surface area (Å²) in [6, 6.07) is 7.11. The summed E-state index contributed by atoms with van der Waals surface area (Å²) in [5.41, 5.74) is 0.568. The minimum absolute atomic E-state index is 0.191. The van der Waals surface area contributed by atoms with Crippen molar-refractivity contribution in [1.29, 1.82) is 0 Å². The first kappa shape index (κ1) is 12.3. The lowest BCUT2D eigenvalue weighted by Gasteiger charge is -2.05. The normalized spacial score (nSPS) is 10.3. The highest BCUT2D eigenvalue weighted by molar-refractivity contribution is 9.10. The molecular weight excluding hydrogens is 350 g/mol. The Kier molecular flexibility index (Phi) is 3.63. The predicted octanol–water partition coefficient (Wildman–Crippen LogP) is 3.20. The molecule has 6 heteroatoms. The molecule has 17 heavy (non-hydrogen) atoms. The molecule has 0 radical (unpaired) electrons. The van der Waals surface area contributed by atoms with Crippen LogP contribution < -0.4 is 5.32 Å². The van der Waals surface area contributed by atoms with Crippen molar-refractivity contribution in [3.05, 3.63) is 45.2 Å². The molecule has 0 spiro atoms. The van der Waals surface area contributed by atoms with Crippen LogP contribution in [0.5, 0.6) is 0 Å². The summed E-state index contributed by atoms with van der Waals surface area (Å²) in [6.45, 7) is 0. The number of carbonyl (C=O) groups excluding carboxylic acids is 1. The zero-order valence-corrected chi connectivity index (χ0v) is 12.1. The second-order valence-electron chi connectivity index (χ2n) is 3.45. The number of nitrogens with zero attached hydrogens (tertiary/aromatic N) is 2. The Morgan fingerprint density at radius 2 is 2.18 bits per heavy atom. The van der Waals surface area contributed by atoms with E-state index in [4.69, 9.17) is 0 Å². The summed E-state index contributed by atoms with van der Waals surface area (Å²) in [6.07, 6.45) is 1.82. The average molecular weight is 359 g/mol. The number of rotatable bonds is 2. The highest BCUT2D eigenvalue weighted by atomic mass is 79.9. The van der Waals surface area contributed by atoms with Gasteiger partial charge in [-0.25, -0.2) is 4.98 Å². The third kappa shape index (κ3) is 2.95. The SMILES string of the molecule is Cn1cc(Br)cc1C(=O)Nc1cccc(Br)n1. The summed E-state index contributed by atoms with van der Waals surface area (Å²) >= 11 is 6.58. The molecule has 0 aliphatic carbocycles. The first-order chi connectivity index (χ1) is 8.06. The van der Waals surface area contributed by atoms with E-state index in [2.05, 4.69) is 42.2 Å². The van der Waals surface area contributed by atoms with Crippen LogP contribution in [0.3, 0.4) is 0 Å². The molecule has 0 fully saturated rings. The summed E-state index contributed by atoms with van der Waals surface area (Å²) in [7, 11) is 1.81. The monoisotopic (exact) mass is 357 g/mol. The first-order valence-electron chi connectivity index (χ1n) is 4.82. The standard InChI is InChI=1S/C11H9Br2N3O/c1-16-6-7(12)5-8(16)11(17)15-10-4-2-3-9(13)14-10/h2-6H,1H3,(H,14,15,17). The van der Waals surface area contributed by atoms with E-state index in [1.165, 1.54) is 0 Å². The van der Waals surface area contributed by atoms with Crippen LogP contribution in [0.2, 0.25) is 0 Å². The van der Waals surface area contributed by atoms with Gasteiger partial charge in [0.05, 0.1) is 0 Å². The van der Waals surface area contributed by atoms with Crippen LogP contribution in [-0.4, -0.2) is 15.5 Å². The molecule has 0 aromatic carbocycles. The molecule has 0 bridgehead atoms. The van der Waals surface area contributed by atoms with Gasteiger partial charge in [0.25, 0.3) is 5.91 Å². The molecule has 2 aromatic heterocycles. The van der Waals surface area contributed by atoms with Gasteiger partial charge >= 0.3 is 0 Å². The van der Waals surface area contributed by atoms with Crippen LogP contribution in [0.15, 0.2) is 39.5 Å². The molecule has 0 atom stereocenters. The Morgan fingerprint density at radius 1 is 1.41 bits per heavy atom. The van der Waals surface area contributed by atoms with Gasteiger partial charge in [-0.15, -0.1) is 0 Å². The third-order valence-corrected chi connectivity index (χ3v) is 3.04. The minimum Gasteiger partial charge on any atom is -0.345 e. The van der Waals surface area contributed by atoms with Crippen LogP contribution in [-0.2, 0) is 7.05 Å². The summed E-state index contributed by atoms with van der Waals surface area (Å²) in [5.74, 6) is 0.325. The topological polar surface area (TPSA) is 46.9 Å². The lowest BCUT2D eigenvalue weighted by atomic mass is 10.4. The molecule has 0 aliphatic heterocycles. The van der Waals surface area contributed by atoms with Gasteiger partial charge in [-0.3, -0.25) is 4.79 Å². The quantitative estimate of drug-likeness (QED) is 0.838. The molecule has 0 unspecified atom stereocenters. The van der Waals surface area contributed by atoms with Crippen LogP contribution in [0.4, 0.5) is 5.82 Å². The molecule has 4 nitrogen and oxygen atoms in total. The first-order valence-corrected chi connectivity index (χ1v) is 6.40. The number of pyridine rings is 1. The lowest BCUT2D eigenvalue weighted by molar-refractivity contribution is 0.101. The summed E-state index contributed by atoms with van der Waals surface area (Å²) in [4.78, 5) is 16.1. The van der Waals surface area contributed by atoms with E-state index >= 15 is 0 Å². The molecule has 1 N–H and O–H groups in total. The predicted molar refractivity (Wildman–Crippen MR) is 73.0 cm³/mol. The number of nitrogens with one attached hydrogen (secondary N) is 1. The largest absolute Gasteiger partial charge is 0.345 e. The zero-order valence-electron chi connectivity index (χ0n) is 8.95. The van der Waals surface area contributed by atoms with Gasteiger partial charge < -0.3 is 9.88 Å². The van der Waals surface area contributed by atoms with E-state index in [0.717, 1.165) is 4.47 Å². The van der Waals surface area contributed by atoms with Crippen molar-refractivity contribution in [2.24, 2.45) is 7.05 Å². The number of aryl methyl sites for hydroxylation is 1. The molecule has 0 saturated heterocycles. The lowest BCUT2D eigenvalue weighted by Crippen LogP contribution is -2.16. The Hall–Kier alpha value is -1.14. The average Bonchev–Trinajstić information content (AvgIpc) is 2.58. The molecular formula is C11H9Br2N3O. The van der Waals surface area contributed by atoms with Crippen molar-refractivity contribution in [2.75, 3.05) is 5.32 Å². The number of amides is 1. The van der Waals surface area contributed by atoms with Gasteiger partial charge in [0.1, 0.15) is 16.1 Å². The molecule has 2 heterocycles. The Balaban J connectivity index is 2.20. The number of hydrogen-bond acceptors (Lipinski definition) is 2. The van der Waals surface area contributed by atoms with E-state index in [1.807, 2.05) is 19.3 Å². The zero-order chi connectivity index (χ0) is 12.4. The molecule has 0 saturated carbocycles. The number of aromatic nitrogens is 2. The van der Waals surface area contributed by atoms with Gasteiger partial charge in [-0.1, -0.05) is 6.07 Å². The number of halogens is 2. The molecule has 0 aliphatic rings. The summed E-state index contributed by atoms with van der Waals surface area (Å²) in [5, 5.41) is 2.73. The second kappa shape index (κ2) is 5.01. The highest BCUT2D eigenvalue weighted by Crippen LogP contribution is 2.16. The van der Waals surface area contributed by atoms with Crippen LogP contribution in [0.25, 0.3) is 0 Å². The molecule has 2 rings (SSSR count). The third-order valence-electron chi connectivity index (χ3n) is 2.16. The van der Waals surface area contributed by atoms with Crippen molar-refractivity contribution >= 4 is 43.6 Å². The van der Waals surface area contributed by atoms with Crippen molar-refractivity contribution in [1.82, 2.24) is 9.55 Å².